The number of methoxy groups -OCH3 is 1. The van der Waals surface area contributed by atoms with Gasteiger partial charge in [-0.2, -0.15) is 0 Å². The first-order valence-electron chi connectivity index (χ1n) is 7.73. The summed E-state index contributed by atoms with van der Waals surface area (Å²) in [6.07, 6.45) is 1.24. The topological polar surface area (TPSA) is 101 Å². The van der Waals surface area contributed by atoms with E-state index in [-0.39, 0.29) is 5.56 Å². The van der Waals surface area contributed by atoms with Crippen LogP contribution in [0.15, 0.2) is 65.6 Å². The Morgan fingerprint density at radius 3 is 2.35 bits per heavy atom. The highest BCUT2D eigenvalue weighted by Gasteiger charge is 2.13. The number of amides is 1. The second-order valence-corrected chi connectivity index (χ2v) is 5.36. The molecule has 0 saturated carbocycles. The van der Waals surface area contributed by atoms with Gasteiger partial charge in [-0.05, 0) is 24.3 Å². The van der Waals surface area contributed by atoms with Crippen LogP contribution in [0, 0.1) is 0 Å². The number of nitrogens with one attached hydrogen (secondary N) is 2. The Morgan fingerprint density at radius 1 is 1.04 bits per heavy atom. The lowest BCUT2D eigenvalue weighted by Gasteiger charge is -2.06. The van der Waals surface area contributed by atoms with Gasteiger partial charge in [0.25, 0.3) is 11.5 Å². The van der Waals surface area contributed by atoms with Gasteiger partial charge in [0.15, 0.2) is 0 Å². The lowest BCUT2D eigenvalue weighted by atomic mass is 10.2. The Balaban J connectivity index is 1.78. The van der Waals surface area contributed by atoms with Gasteiger partial charge in [-0.3, -0.25) is 9.59 Å². The van der Waals surface area contributed by atoms with E-state index in [0.29, 0.717) is 17.1 Å². The first kappa shape index (κ1) is 17.1. The lowest BCUT2D eigenvalue weighted by molar-refractivity contribution is 0.0600. The zero-order valence-electron chi connectivity index (χ0n) is 13.9. The molecule has 0 fully saturated rings. The van der Waals surface area contributed by atoms with Gasteiger partial charge in [0, 0.05) is 17.4 Å². The molecular formula is C19H15N3O4. The number of aromatic amines is 1. The number of anilines is 1. The van der Waals surface area contributed by atoms with Gasteiger partial charge in [-0.1, -0.05) is 30.3 Å². The van der Waals surface area contributed by atoms with Crippen molar-refractivity contribution in [3.8, 4) is 11.4 Å². The quantitative estimate of drug-likeness (QED) is 0.705. The molecule has 7 nitrogen and oxygen atoms in total. The molecule has 2 aromatic carbocycles. The van der Waals surface area contributed by atoms with E-state index in [2.05, 4.69) is 20.0 Å². The summed E-state index contributed by atoms with van der Waals surface area (Å²) in [5, 5.41) is 2.59. The summed E-state index contributed by atoms with van der Waals surface area (Å²) in [5.41, 5.74) is 0.894. The molecule has 0 aliphatic carbocycles. The SMILES string of the molecule is COC(=O)c1ccc(NC(=O)c2cnc(-c3ccccc3)[nH]c2=O)cc1. The maximum absolute atomic E-state index is 12.3. The Morgan fingerprint density at radius 2 is 1.73 bits per heavy atom. The number of esters is 1. The number of benzene rings is 2. The molecule has 1 amide bonds. The maximum Gasteiger partial charge on any atom is 0.337 e. The predicted molar refractivity (Wildman–Crippen MR) is 96.0 cm³/mol. The lowest BCUT2D eigenvalue weighted by Crippen LogP contribution is -2.24. The molecule has 1 heterocycles. The molecule has 0 spiro atoms. The van der Waals surface area contributed by atoms with E-state index < -0.39 is 17.4 Å². The van der Waals surface area contributed by atoms with Crippen molar-refractivity contribution in [3.05, 3.63) is 82.3 Å². The Kier molecular flexibility index (Phi) is 4.89. The average molecular weight is 349 g/mol. The third-order valence-electron chi connectivity index (χ3n) is 3.66. The first-order chi connectivity index (χ1) is 12.6. The molecule has 0 aliphatic heterocycles. The smallest absolute Gasteiger partial charge is 0.337 e. The average Bonchev–Trinajstić information content (AvgIpc) is 2.68. The highest BCUT2D eigenvalue weighted by Crippen LogP contribution is 2.13. The van der Waals surface area contributed by atoms with E-state index in [1.54, 1.807) is 24.3 Å². The molecule has 0 aliphatic rings. The first-order valence-corrected chi connectivity index (χ1v) is 7.73. The molecular weight excluding hydrogens is 334 g/mol. The fraction of sp³-hybridized carbons (Fsp3) is 0.0526. The number of aromatic nitrogens is 2. The van der Waals surface area contributed by atoms with E-state index in [1.807, 2.05) is 18.2 Å². The molecule has 130 valence electrons. The second-order valence-electron chi connectivity index (χ2n) is 5.36. The molecule has 0 atom stereocenters. The molecule has 2 N–H and O–H groups in total. The van der Waals surface area contributed by atoms with E-state index in [4.69, 9.17) is 0 Å². The third-order valence-corrected chi connectivity index (χ3v) is 3.66. The van der Waals surface area contributed by atoms with Gasteiger partial charge in [0.1, 0.15) is 11.4 Å². The molecule has 26 heavy (non-hydrogen) atoms. The van der Waals surface area contributed by atoms with Crippen LogP contribution in [-0.2, 0) is 4.74 Å². The van der Waals surface area contributed by atoms with Gasteiger partial charge in [0.05, 0.1) is 12.7 Å². The Labute approximate surface area is 148 Å². The minimum Gasteiger partial charge on any atom is -0.465 e. The molecule has 0 unspecified atom stereocenters. The van der Waals surface area contributed by atoms with Crippen molar-refractivity contribution in [3.63, 3.8) is 0 Å². The fourth-order valence-corrected chi connectivity index (χ4v) is 2.31. The molecule has 3 rings (SSSR count). The van der Waals surface area contributed by atoms with Gasteiger partial charge < -0.3 is 15.0 Å². The van der Waals surface area contributed by atoms with Crippen LogP contribution in [0.2, 0.25) is 0 Å². The van der Waals surface area contributed by atoms with Gasteiger partial charge in [0.2, 0.25) is 0 Å². The summed E-state index contributed by atoms with van der Waals surface area (Å²) in [4.78, 5) is 42.6. The van der Waals surface area contributed by atoms with Crippen molar-refractivity contribution >= 4 is 17.6 Å². The van der Waals surface area contributed by atoms with E-state index in [9.17, 15) is 14.4 Å². The Hall–Kier alpha value is -3.74. The van der Waals surface area contributed by atoms with Gasteiger partial charge in [-0.25, -0.2) is 9.78 Å². The fourth-order valence-electron chi connectivity index (χ4n) is 2.31. The van der Waals surface area contributed by atoms with Crippen molar-refractivity contribution in [2.75, 3.05) is 12.4 Å². The van der Waals surface area contributed by atoms with Crippen molar-refractivity contribution in [1.82, 2.24) is 9.97 Å². The summed E-state index contributed by atoms with van der Waals surface area (Å²) in [6, 6.07) is 15.2. The van der Waals surface area contributed by atoms with E-state index in [0.717, 1.165) is 5.56 Å². The van der Waals surface area contributed by atoms with Crippen LogP contribution in [0.4, 0.5) is 5.69 Å². The van der Waals surface area contributed by atoms with Crippen molar-refractivity contribution in [1.29, 1.82) is 0 Å². The van der Waals surface area contributed by atoms with Crippen LogP contribution < -0.4 is 10.9 Å². The number of H-pyrrole nitrogens is 1. The maximum atomic E-state index is 12.3. The van der Waals surface area contributed by atoms with E-state index >= 15 is 0 Å². The van der Waals surface area contributed by atoms with Crippen molar-refractivity contribution in [2.24, 2.45) is 0 Å². The van der Waals surface area contributed by atoms with Crippen LogP contribution in [0.1, 0.15) is 20.7 Å². The summed E-state index contributed by atoms with van der Waals surface area (Å²) >= 11 is 0. The largest absolute Gasteiger partial charge is 0.465 e. The molecule has 1 aromatic heterocycles. The predicted octanol–water partition coefficient (Wildman–Crippen LogP) is 2.48. The molecule has 7 heteroatoms. The third kappa shape index (κ3) is 3.67. The van der Waals surface area contributed by atoms with Gasteiger partial charge in [-0.15, -0.1) is 0 Å². The van der Waals surface area contributed by atoms with Crippen molar-refractivity contribution < 1.29 is 14.3 Å². The number of ether oxygens (including phenoxy) is 1. The molecule has 3 aromatic rings. The number of rotatable bonds is 4. The number of hydrogen-bond donors (Lipinski definition) is 2. The van der Waals surface area contributed by atoms with Crippen LogP contribution in [0.5, 0.6) is 0 Å². The highest BCUT2D eigenvalue weighted by atomic mass is 16.5. The minimum atomic E-state index is -0.593. The molecule has 0 bridgehead atoms. The number of carbonyl (C=O) groups excluding carboxylic acids is 2. The zero-order chi connectivity index (χ0) is 18.5. The van der Waals surface area contributed by atoms with Gasteiger partial charge >= 0.3 is 5.97 Å². The number of nitrogens with zero attached hydrogens (tertiary/aromatic N) is 1. The summed E-state index contributed by atoms with van der Waals surface area (Å²) in [6.45, 7) is 0. The monoisotopic (exact) mass is 349 g/mol. The van der Waals surface area contributed by atoms with Crippen molar-refractivity contribution in [2.45, 2.75) is 0 Å². The molecule has 0 saturated heterocycles. The molecule has 0 radical (unpaired) electrons. The zero-order valence-corrected chi connectivity index (χ0v) is 13.9. The van der Waals surface area contributed by atoms with Crippen LogP contribution in [0.25, 0.3) is 11.4 Å². The van der Waals surface area contributed by atoms with Crippen LogP contribution in [-0.4, -0.2) is 29.0 Å². The second kappa shape index (κ2) is 7.43. The highest BCUT2D eigenvalue weighted by molar-refractivity contribution is 6.04. The number of hydrogen-bond acceptors (Lipinski definition) is 5. The number of carbonyl (C=O) groups is 2. The summed E-state index contributed by atoms with van der Waals surface area (Å²) < 4.78 is 4.61. The summed E-state index contributed by atoms with van der Waals surface area (Å²) in [5.74, 6) is -0.682. The normalized spacial score (nSPS) is 10.2. The summed E-state index contributed by atoms with van der Waals surface area (Å²) in [7, 11) is 1.29. The van der Waals surface area contributed by atoms with Crippen LogP contribution >= 0.6 is 0 Å². The van der Waals surface area contributed by atoms with E-state index in [1.165, 1.54) is 25.4 Å². The minimum absolute atomic E-state index is 0.110. The van der Waals surface area contributed by atoms with Crippen LogP contribution in [0.3, 0.4) is 0 Å². The standard InChI is InChI=1S/C19H15N3O4/c1-26-19(25)13-7-9-14(10-8-13)21-17(23)15-11-20-16(22-18(15)24)12-5-3-2-4-6-12/h2-11H,1H3,(H,21,23)(H,20,22,24). The Bertz CT molecular complexity index is 995.